The van der Waals surface area contributed by atoms with E-state index in [1.807, 2.05) is 13.8 Å². The largest absolute Gasteiger partial charge is 0.495 e. The highest BCUT2D eigenvalue weighted by atomic mass is 16.5. The molecule has 0 saturated carbocycles. The summed E-state index contributed by atoms with van der Waals surface area (Å²) in [5.74, 6) is 0.598. The Morgan fingerprint density at radius 1 is 1.40 bits per heavy atom. The van der Waals surface area contributed by atoms with Crippen LogP contribution in [-0.4, -0.2) is 25.5 Å². The highest BCUT2D eigenvalue weighted by molar-refractivity contribution is 5.98. The second-order valence-electron chi connectivity index (χ2n) is 5.18. The number of methoxy groups -OCH3 is 1. The molecule has 0 atom stereocenters. The predicted molar refractivity (Wildman–Crippen MR) is 78.0 cm³/mol. The van der Waals surface area contributed by atoms with Crippen molar-refractivity contribution < 1.29 is 14.3 Å². The zero-order valence-electron chi connectivity index (χ0n) is 12.1. The molecule has 0 aromatic heterocycles. The van der Waals surface area contributed by atoms with E-state index in [0.717, 1.165) is 12.1 Å². The number of nitrogens with zero attached hydrogens (tertiary/aromatic N) is 1. The van der Waals surface area contributed by atoms with Crippen molar-refractivity contribution in [3.63, 3.8) is 0 Å². The van der Waals surface area contributed by atoms with Gasteiger partial charge in [-0.1, -0.05) is 13.8 Å². The lowest BCUT2D eigenvalue weighted by Crippen LogP contribution is -2.24. The number of carbonyl (C=O) groups is 2. The number of carbonyl (C=O) groups excluding carboxylic acids is 2. The van der Waals surface area contributed by atoms with Gasteiger partial charge in [-0.15, -0.1) is 0 Å². The Labute approximate surface area is 118 Å². The van der Waals surface area contributed by atoms with Crippen molar-refractivity contribution in [1.29, 1.82) is 0 Å². The van der Waals surface area contributed by atoms with Crippen molar-refractivity contribution in [2.24, 2.45) is 5.92 Å². The molecule has 108 valence electrons. The average Bonchev–Trinajstić information content (AvgIpc) is 2.84. The first-order valence-corrected chi connectivity index (χ1v) is 6.82. The van der Waals surface area contributed by atoms with Gasteiger partial charge in [0.15, 0.2) is 0 Å². The lowest BCUT2D eigenvalue weighted by Gasteiger charge is -2.20. The Kier molecular flexibility index (Phi) is 4.27. The van der Waals surface area contributed by atoms with Gasteiger partial charge in [-0.05, 0) is 24.6 Å². The maximum atomic E-state index is 11.9. The summed E-state index contributed by atoms with van der Waals surface area (Å²) >= 11 is 0. The molecular weight excluding hydrogens is 256 g/mol. The zero-order chi connectivity index (χ0) is 14.7. The molecule has 5 nitrogen and oxygen atoms in total. The van der Waals surface area contributed by atoms with Crippen LogP contribution >= 0.6 is 0 Å². The minimum Gasteiger partial charge on any atom is -0.495 e. The summed E-state index contributed by atoms with van der Waals surface area (Å²) in [5, 5.41) is 2.84. The highest BCUT2D eigenvalue weighted by Crippen LogP contribution is 2.34. The summed E-state index contributed by atoms with van der Waals surface area (Å²) in [6.07, 6.45) is 1.41. The SMILES string of the molecule is COc1ccc(NC(=O)C(C)C)cc1N1CCCC1=O. The molecule has 1 N–H and O–H groups in total. The molecule has 1 saturated heterocycles. The molecule has 5 heteroatoms. The van der Waals surface area contributed by atoms with Crippen LogP contribution in [0.5, 0.6) is 5.75 Å². The fourth-order valence-corrected chi connectivity index (χ4v) is 2.17. The second kappa shape index (κ2) is 5.94. The first kappa shape index (κ1) is 14.4. The summed E-state index contributed by atoms with van der Waals surface area (Å²) in [7, 11) is 1.58. The van der Waals surface area contributed by atoms with Crippen LogP contribution in [-0.2, 0) is 9.59 Å². The van der Waals surface area contributed by atoms with Crippen molar-refractivity contribution >= 4 is 23.2 Å². The number of hydrogen-bond donors (Lipinski definition) is 1. The molecule has 1 aromatic carbocycles. The molecule has 20 heavy (non-hydrogen) atoms. The molecule has 1 aromatic rings. The van der Waals surface area contributed by atoms with E-state index in [4.69, 9.17) is 4.74 Å². The van der Waals surface area contributed by atoms with Crippen LogP contribution in [0.2, 0.25) is 0 Å². The van der Waals surface area contributed by atoms with Crippen LogP contribution in [0.1, 0.15) is 26.7 Å². The second-order valence-corrected chi connectivity index (χ2v) is 5.18. The van der Waals surface area contributed by atoms with Crippen LogP contribution < -0.4 is 15.0 Å². The maximum Gasteiger partial charge on any atom is 0.227 e. The molecule has 1 aliphatic rings. The first-order valence-electron chi connectivity index (χ1n) is 6.82. The van der Waals surface area contributed by atoms with E-state index in [2.05, 4.69) is 5.32 Å². The standard InChI is InChI=1S/C15H20N2O3/c1-10(2)15(19)16-11-6-7-13(20-3)12(9-11)17-8-4-5-14(17)18/h6-7,9-10H,4-5,8H2,1-3H3,(H,16,19). The molecule has 0 spiro atoms. The summed E-state index contributed by atoms with van der Waals surface area (Å²) < 4.78 is 5.31. The van der Waals surface area contributed by atoms with Crippen LogP contribution in [0.4, 0.5) is 11.4 Å². The minimum absolute atomic E-state index is 0.0473. The normalized spacial score (nSPS) is 14.8. The monoisotopic (exact) mass is 276 g/mol. The van der Waals surface area contributed by atoms with Gasteiger partial charge in [0.25, 0.3) is 0 Å². The quantitative estimate of drug-likeness (QED) is 0.918. The Hall–Kier alpha value is -2.04. The van der Waals surface area contributed by atoms with Crippen LogP contribution in [0.15, 0.2) is 18.2 Å². The van der Waals surface area contributed by atoms with Crippen molar-refractivity contribution in [1.82, 2.24) is 0 Å². The van der Waals surface area contributed by atoms with E-state index in [1.54, 1.807) is 30.2 Å². The molecule has 1 fully saturated rings. The Morgan fingerprint density at radius 2 is 2.15 bits per heavy atom. The molecule has 0 radical (unpaired) electrons. The summed E-state index contributed by atoms with van der Waals surface area (Å²) in [6.45, 7) is 4.37. The van der Waals surface area contributed by atoms with Gasteiger partial charge in [-0.2, -0.15) is 0 Å². The van der Waals surface area contributed by atoms with E-state index in [1.165, 1.54) is 0 Å². The molecule has 0 aliphatic carbocycles. The number of rotatable bonds is 4. The van der Waals surface area contributed by atoms with Crippen LogP contribution in [0.25, 0.3) is 0 Å². The van der Waals surface area contributed by atoms with Crippen molar-refractivity contribution in [2.45, 2.75) is 26.7 Å². The number of benzene rings is 1. The fourth-order valence-electron chi connectivity index (χ4n) is 2.17. The van der Waals surface area contributed by atoms with E-state index in [9.17, 15) is 9.59 Å². The number of amides is 2. The van der Waals surface area contributed by atoms with E-state index < -0.39 is 0 Å². The molecule has 0 bridgehead atoms. The first-order chi connectivity index (χ1) is 9.52. The lowest BCUT2D eigenvalue weighted by atomic mass is 10.2. The number of hydrogen-bond acceptors (Lipinski definition) is 3. The highest BCUT2D eigenvalue weighted by Gasteiger charge is 2.24. The number of nitrogens with one attached hydrogen (secondary N) is 1. The molecular formula is C15H20N2O3. The lowest BCUT2D eigenvalue weighted by molar-refractivity contribution is -0.119. The third kappa shape index (κ3) is 2.92. The summed E-state index contributed by atoms with van der Waals surface area (Å²) in [5.41, 5.74) is 1.40. The van der Waals surface area contributed by atoms with E-state index in [0.29, 0.717) is 24.4 Å². The minimum atomic E-state index is -0.0889. The third-order valence-corrected chi connectivity index (χ3v) is 3.33. The van der Waals surface area contributed by atoms with Gasteiger partial charge in [-0.3, -0.25) is 9.59 Å². The van der Waals surface area contributed by atoms with Gasteiger partial charge in [-0.25, -0.2) is 0 Å². The Bertz CT molecular complexity index is 526. The Morgan fingerprint density at radius 3 is 2.70 bits per heavy atom. The third-order valence-electron chi connectivity index (χ3n) is 3.33. The fraction of sp³-hybridized carbons (Fsp3) is 0.467. The maximum absolute atomic E-state index is 11.9. The number of anilines is 2. The molecule has 2 rings (SSSR count). The zero-order valence-corrected chi connectivity index (χ0v) is 12.1. The van der Waals surface area contributed by atoms with Gasteiger partial charge in [0, 0.05) is 24.6 Å². The van der Waals surface area contributed by atoms with E-state index in [-0.39, 0.29) is 17.7 Å². The van der Waals surface area contributed by atoms with Gasteiger partial charge in [0.1, 0.15) is 5.75 Å². The smallest absolute Gasteiger partial charge is 0.227 e. The van der Waals surface area contributed by atoms with Gasteiger partial charge < -0.3 is 15.0 Å². The van der Waals surface area contributed by atoms with Gasteiger partial charge >= 0.3 is 0 Å². The van der Waals surface area contributed by atoms with Crippen LogP contribution in [0.3, 0.4) is 0 Å². The van der Waals surface area contributed by atoms with Gasteiger partial charge in [0.2, 0.25) is 11.8 Å². The van der Waals surface area contributed by atoms with E-state index >= 15 is 0 Å². The molecule has 1 heterocycles. The summed E-state index contributed by atoms with van der Waals surface area (Å²) in [4.78, 5) is 25.3. The van der Waals surface area contributed by atoms with Gasteiger partial charge in [0.05, 0.1) is 12.8 Å². The Balaban J connectivity index is 2.29. The predicted octanol–water partition coefficient (Wildman–Crippen LogP) is 2.42. The van der Waals surface area contributed by atoms with Crippen molar-refractivity contribution in [2.75, 3.05) is 23.9 Å². The molecule has 2 amide bonds. The summed E-state index contributed by atoms with van der Waals surface area (Å²) in [6, 6.07) is 5.35. The van der Waals surface area contributed by atoms with Crippen molar-refractivity contribution in [3.05, 3.63) is 18.2 Å². The number of ether oxygens (including phenoxy) is 1. The average molecular weight is 276 g/mol. The molecule has 1 aliphatic heterocycles. The molecule has 0 unspecified atom stereocenters. The van der Waals surface area contributed by atoms with Crippen LogP contribution in [0, 0.1) is 5.92 Å². The topological polar surface area (TPSA) is 58.6 Å². The van der Waals surface area contributed by atoms with Crippen molar-refractivity contribution in [3.8, 4) is 5.75 Å².